The minimum atomic E-state index is -0.171. The molecule has 0 saturated heterocycles. The number of hydrogen-bond acceptors (Lipinski definition) is 4. The first-order valence-corrected chi connectivity index (χ1v) is 9.22. The number of benzene rings is 2. The van der Waals surface area contributed by atoms with Crippen LogP contribution in [0.1, 0.15) is 17.5 Å². The van der Waals surface area contributed by atoms with Crippen molar-refractivity contribution in [3.05, 3.63) is 58.6 Å². The Morgan fingerprint density at radius 1 is 1.19 bits per heavy atom. The summed E-state index contributed by atoms with van der Waals surface area (Å²) in [6.45, 7) is 1.64. The summed E-state index contributed by atoms with van der Waals surface area (Å²) >= 11 is 6.27. The first-order valence-electron chi connectivity index (χ1n) is 8.84. The lowest BCUT2D eigenvalue weighted by Gasteiger charge is -2.12. The van der Waals surface area contributed by atoms with Gasteiger partial charge in [0.15, 0.2) is 11.5 Å². The van der Waals surface area contributed by atoms with Crippen molar-refractivity contribution in [2.24, 2.45) is 0 Å². The molecule has 2 aromatic carbocycles. The molecule has 6 heteroatoms. The van der Waals surface area contributed by atoms with Gasteiger partial charge in [-0.05, 0) is 41.5 Å². The molecule has 1 amide bonds. The van der Waals surface area contributed by atoms with Crippen molar-refractivity contribution in [2.45, 2.75) is 13.0 Å². The number of fused-ring (bicyclic) bond motifs is 1. The molecule has 142 valence electrons. The van der Waals surface area contributed by atoms with Crippen LogP contribution in [0, 0.1) is 0 Å². The highest BCUT2D eigenvalue weighted by Crippen LogP contribution is 2.38. The molecule has 1 aliphatic heterocycles. The Balaban J connectivity index is 1.59. The van der Waals surface area contributed by atoms with Crippen molar-refractivity contribution >= 4 is 29.3 Å². The first kappa shape index (κ1) is 19.1. The number of carbonyl (C=O) groups is 1. The Bertz CT molecular complexity index is 832. The molecule has 1 aliphatic rings. The van der Waals surface area contributed by atoms with Crippen LogP contribution in [0.4, 0.5) is 5.69 Å². The van der Waals surface area contributed by atoms with Crippen molar-refractivity contribution in [2.75, 3.05) is 32.2 Å². The second-order valence-corrected chi connectivity index (χ2v) is 6.90. The van der Waals surface area contributed by atoms with Gasteiger partial charge in [-0.3, -0.25) is 4.79 Å². The molecule has 0 unspecified atom stereocenters. The van der Waals surface area contributed by atoms with E-state index >= 15 is 0 Å². The lowest BCUT2D eigenvalue weighted by atomic mass is 10.1. The average molecular weight is 387 g/mol. The molecular weight excluding hydrogens is 364 g/mol. The van der Waals surface area contributed by atoms with Crippen LogP contribution in [0.25, 0.3) is 6.08 Å². The van der Waals surface area contributed by atoms with Crippen LogP contribution in [0.2, 0.25) is 5.02 Å². The highest BCUT2D eigenvalue weighted by atomic mass is 35.5. The maximum atomic E-state index is 12.1. The van der Waals surface area contributed by atoms with Gasteiger partial charge in [-0.25, -0.2) is 0 Å². The number of halogens is 1. The number of anilines is 1. The maximum absolute atomic E-state index is 12.1. The standard InChI is InChI=1S/C21H23ClN2O3/c1-24(2)17-7-4-15(5-8-17)14-23-20(25)9-6-16-12-18(22)21-19(13-16)26-10-3-11-27-21/h4-9,12-13H,3,10-11,14H2,1-2H3,(H,23,25)/b9-6+. The molecule has 0 bridgehead atoms. The first-order chi connectivity index (χ1) is 13.0. The van der Waals surface area contributed by atoms with Crippen LogP contribution >= 0.6 is 11.6 Å². The van der Waals surface area contributed by atoms with Gasteiger partial charge in [-0.15, -0.1) is 0 Å². The van der Waals surface area contributed by atoms with E-state index in [0.717, 1.165) is 23.2 Å². The van der Waals surface area contributed by atoms with Crippen molar-refractivity contribution in [3.8, 4) is 11.5 Å². The SMILES string of the molecule is CN(C)c1ccc(CNC(=O)/C=C/c2cc(Cl)c3c(c2)OCCCO3)cc1. The number of ether oxygens (including phenoxy) is 2. The normalized spacial score (nSPS) is 13.3. The Labute approximate surface area is 164 Å². The molecule has 1 N–H and O–H groups in total. The van der Waals surface area contributed by atoms with Crippen LogP contribution in [0.15, 0.2) is 42.5 Å². The summed E-state index contributed by atoms with van der Waals surface area (Å²) in [6.07, 6.45) is 4.02. The lowest BCUT2D eigenvalue weighted by Crippen LogP contribution is -2.20. The molecule has 0 saturated carbocycles. The zero-order chi connectivity index (χ0) is 19.2. The second kappa shape index (κ2) is 8.82. The molecule has 0 fully saturated rings. The van der Waals surface area contributed by atoms with Gasteiger partial charge in [0.1, 0.15) is 0 Å². The number of rotatable bonds is 5. The van der Waals surface area contributed by atoms with Gasteiger partial charge < -0.3 is 19.7 Å². The summed E-state index contributed by atoms with van der Waals surface area (Å²) in [7, 11) is 3.99. The van der Waals surface area contributed by atoms with Crippen molar-refractivity contribution < 1.29 is 14.3 Å². The minimum Gasteiger partial charge on any atom is -0.489 e. The van der Waals surface area contributed by atoms with Gasteiger partial charge in [0.2, 0.25) is 5.91 Å². The zero-order valence-corrected chi connectivity index (χ0v) is 16.3. The Morgan fingerprint density at radius 2 is 1.93 bits per heavy atom. The van der Waals surface area contributed by atoms with Crippen LogP contribution in [-0.4, -0.2) is 33.2 Å². The smallest absolute Gasteiger partial charge is 0.244 e. The van der Waals surface area contributed by atoms with Crippen LogP contribution in [0.3, 0.4) is 0 Å². The molecule has 2 aromatic rings. The molecule has 0 radical (unpaired) electrons. The number of nitrogens with one attached hydrogen (secondary N) is 1. The predicted molar refractivity (Wildman–Crippen MR) is 109 cm³/mol. The Morgan fingerprint density at radius 3 is 2.67 bits per heavy atom. The van der Waals surface area contributed by atoms with Crippen molar-refractivity contribution in [1.29, 1.82) is 0 Å². The maximum Gasteiger partial charge on any atom is 0.244 e. The third kappa shape index (κ3) is 5.17. The molecule has 3 rings (SSSR count). The Kier molecular flexibility index (Phi) is 6.24. The predicted octanol–water partition coefficient (Wildman–Crippen LogP) is 3.90. The van der Waals surface area contributed by atoms with Gasteiger partial charge in [0, 0.05) is 38.8 Å². The van der Waals surface area contributed by atoms with E-state index in [1.165, 1.54) is 6.08 Å². The van der Waals surface area contributed by atoms with Gasteiger partial charge in [-0.2, -0.15) is 0 Å². The van der Waals surface area contributed by atoms with E-state index in [1.807, 2.05) is 49.3 Å². The van der Waals surface area contributed by atoms with Gasteiger partial charge in [0.25, 0.3) is 0 Å². The highest BCUT2D eigenvalue weighted by Gasteiger charge is 2.14. The number of nitrogens with zero attached hydrogens (tertiary/aromatic N) is 1. The fourth-order valence-corrected chi connectivity index (χ4v) is 2.95. The van der Waals surface area contributed by atoms with E-state index in [4.69, 9.17) is 21.1 Å². The summed E-state index contributed by atoms with van der Waals surface area (Å²) in [4.78, 5) is 14.1. The van der Waals surface area contributed by atoms with Crippen LogP contribution in [0.5, 0.6) is 11.5 Å². The minimum absolute atomic E-state index is 0.171. The molecule has 0 aliphatic carbocycles. The monoisotopic (exact) mass is 386 g/mol. The summed E-state index contributed by atoms with van der Waals surface area (Å²) in [5.41, 5.74) is 2.95. The van der Waals surface area contributed by atoms with Crippen molar-refractivity contribution in [1.82, 2.24) is 5.32 Å². The third-order valence-electron chi connectivity index (χ3n) is 4.17. The number of amides is 1. The highest BCUT2D eigenvalue weighted by molar-refractivity contribution is 6.32. The van der Waals surface area contributed by atoms with E-state index in [9.17, 15) is 4.79 Å². The lowest BCUT2D eigenvalue weighted by molar-refractivity contribution is -0.116. The van der Waals surface area contributed by atoms with E-state index in [-0.39, 0.29) is 5.91 Å². The van der Waals surface area contributed by atoms with Gasteiger partial charge in [-0.1, -0.05) is 23.7 Å². The van der Waals surface area contributed by atoms with E-state index in [0.29, 0.717) is 36.3 Å². The number of hydrogen-bond donors (Lipinski definition) is 1. The molecule has 1 heterocycles. The molecule has 0 aromatic heterocycles. The zero-order valence-electron chi connectivity index (χ0n) is 15.5. The molecule has 5 nitrogen and oxygen atoms in total. The van der Waals surface area contributed by atoms with Crippen molar-refractivity contribution in [3.63, 3.8) is 0 Å². The third-order valence-corrected chi connectivity index (χ3v) is 4.45. The molecule has 0 atom stereocenters. The van der Waals surface area contributed by atoms with E-state index in [1.54, 1.807) is 12.1 Å². The fourth-order valence-electron chi connectivity index (χ4n) is 2.68. The topological polar surface area (TPSA) is 50.8 Å². The largest absolute Gasteiger partial charge is 0.489 e. The quantitative estimate of drug-likeness (QED) is 0.792. The molecular formula is C21H23ClN2O3. The van der Waals surface area contributed by atoms with Gasteiger partial charge >= 0.3 is 0 Å². The Hall–Kier alpha value is -2.66. The molecule has 27 heavy (non-hydrogen) atoms. The van der Waals surface area contributed by atoms with Gasteiger partial charge in [0.05, 0.1) is 18.2 Å². The second-order valence-electron chi connectivity index (χ2n) is 6.49. The van der Waals surface area contributed by atoms with Crippen LogP contribution < -0.4 is 19.7 Å². The van der Waals surface area contributed by atoms with E-state index < -0.39 is 0 Å². The average Bonchev–Trinajstić information content (AvgIpc) is 2.91. The van der Waals surface area contributed by atoms with Crippen LogP contribution in [-0.2, 0) is 11.3 Å². The van der Waals surface area contributed by atoms with E-state index in [2.05, 4.69) is 5.32 Å². The summed E-state index contributed by atoms with van der Waals surface area (Å²) < 4.78 is 11.3. The molecule has 0 spiro atoms. The summed E-state index contributed by atoms with van der Waals surface area (Å²) in [6, 6.07) is 11.6. The number of carbonyl (C=O) groups excluding carboxylic acids is 1. The summed E-state index contributed by atoms with van der Waals surface area (Å²) in [5, 5.41) is 3.36. The fraction of sp³-hybridized carbons (Fsp3) is 0.286. The summed E-state index contributed by atoms with van der Waals surface area (Å²) in [5.74, 6) is 1.01.